The zero-order chi connectivity index (χ0) is 17.0. The summed E-state index contributed by atoms with van der Waals surface area (Å²) in [4.78, 5) is 14.4. The molecule has 2 rings (SSSR count). The van der Waals surface area contributed by atoms with Crippen molar-refractivity contribution >= 4 is 17.5 Å². The minimum absolute atomic E-state index is 0.294. The third-order valence-electron chi connectivity index (χ3n) is 3.43. The second-order valence-corrected chi connectivity index (χ2v) is 6.53. The first-order valence-electron chi connectivity index (χ1n) is 7.56. The molecule has 1 aromatic carbocycles. The second-order valence-electron chi connectivity index (χ2n) is 6.09. The first-order valence-corrected chi connectivity index (χ1v) is 7.94. The van der Waals surface area contributed by atoms with E-state index in [1.54, 1.807) is 40.0 Å². The van der Waals surface area contributed by atoms with Crippen LogP contribution >= 0.6 is 11.6 Å². The van der Waals surface area contributed by atoms with Crippen LogP contribution in [-0.2, 0) is 18.4 Å². The number of rotatable bonds is 6. The third-order valence-corrected chi connectivity index (χ3v) is 3.66. The average molecular weight is 336 g/mol. The van der Waals surface area contributed by atoms with Crippen LogP contribution in [0.4, 0.5) is 0 Å². The van der Waals surface area contributed by atoms with Gasteiger partial charge in [0.2, 0.25) is 0 Å². The molecule has 0 spiro atoms. The summed E-state index contributed by atoms with van der Waals surface area (Å²) in [5, 5.41) is 15.0. The molecule has 0 fully saturated rings. The Labute approximate surface area is 141 Å². The van der Waals surface area contributed by atoms with Crippen LogP contribution in [0.15, 0.2) is 36.7 Å². The first-order chi connectivity index (χ1) is 10.9. The van der Waals surface area contributed by atoms with Gasteiger partial charge in [-0.25, -0.2) is 0 Å². The molecule has 1 N–H and O–H groups in total. The predicted molar refractivity (Wildman–Crippen MR) is 89.9 cm³/mol. The van der Waals surface area contributed by atoms with Gasteiger partial charge in [-0.2, -0.15) is 5.10 Å². The summed E-state index contributed by atoms with van der Waals surface area (Å²) in [5.74, 6) is -0.0352. The van der Waals surface area contributed by atoms with Crippen molar-refractivity contribution in [1.29, 1.82) is 0 Å². The van der Waals surface area contributed by atoms with Gasteiger partial charge in [-0.15, -0.1) is 0 Å². The van der Waals surface area contributed by atoms with Gasteiger partial charge in [0.15, 0.2) is 6.10 Å². The number of aryl methyl sites for hydroxylation is 1. The Morgan fingerprint density at radius 3 is 2.74 bits per heavy atom. The quantitative estimate of drug-likeness (QED) is 0.883. The van der Waals surface area contributed by atoms with Gasteiger partial charge in [0.25, 0.3) is 5.91 Å². The van der Waals surface area contributed by atoms with Crippen LogP contribution in [-0.4, -0.2) is 32.2 Å². The third kappa shape index (κ3) is 4.81. The smallest absolute Gasteiger partial charge is 0.256 e. The van der Waals surface area contributed by atoms with Gasteiger partial charge < -0.3 is 10.0 Å². The molecule has 1 heterocycles. The summed E-state index contributed by atoms with van der Waals surface area (Å²) in [5.41, 5.74) is 1.43. The highest BCUT2D eigenvalue weighted by Gasteiger charge is 2.25. The summed E-state index contributed by atoms with van der Waals surface area (Å²) in [7, 11) is 1.83. The molecule has 23 heavy (non-hydrogen) atoms. The minimum atomic E-state index is -1.22. The Hall–Kier alpha value is -1.85. The molecule has 0 bridgehead atoms. The van der Waals surface area contributed by atoms with Gasteiger partial charge in [0.05, 0.1) is 6.20 Å². The molecule has 1 aromatic heterocycles. The number of benzene rings is 1. The number of carbonyl (C=O) groups is 1. The molecule has 0 aliphatic heterocycles. The molecule has 0 saturated heterocycles. The van der Waals surface area contributed by atoms with E-state index in [1.165, 1.54) is 0 Å². The van der Waals surface area contributed by atoms with E-state index in [0.717, 1.165) is 5.56 Å². The first kappa shape index (κ1) is 17.5. The van der Waals surface area contributed by atoms with E-state index in [4.69, 9.17) is 11.6 Å². The lowest BCUT2D eigenvalue weighted by Gasteiger charge is -2.26. The fourth-order valence-electron chi connectivity index (χ4n) is 2.44. The number of aliphatic hydroxyl groups excluding tert-OH is 1. The molecule has 0 saturated carbocycles. The monoisotopic (exact) mass is 335 g/mol. The number of nitrogens with zero attached hydrogens (tertiary/aromatic N) is 3. The van der Waals surface area contributed by atoms with E-state index in [1.807, 2.05) is 27.1 Å². The molecule has 124 valence electrons. The van der Waals surface area contributed by atoms with Gasteiger partial charge in [-0.3, -0.25) is 9.48 Å². The van der Waals surface area contributed by atoms with Crippen LogP contribution in [0.2, 0.25) is 5.02 Å². The lowest BCUT2D eigenvalue weighted by Crippen LogP contribution is -2.37. The largest absolute Gasteiger partial charge is 0.378 e. The molecule has 5 nitrogen and oxygen atoms in total. The van der Waals surface area contributed by atoms with E-state index in [2.05, 4.69) is 5.10 Å². The number of amides is 1. The van der Waals surface area contributed by atoms with Crippen LogP contribution in [0.3, 0.4) is 0 Å². The minimum Gasteiger partial charge on any atom is -0.378 e. The highest BCUT2D eigenvalue weighted by atomic mass is 35.5. The van der Waals surface area contributed by atoms with Crippen molar-refractivity contribution in [2.45, 2.75) is 26.5 Å². The summed E-state index contributed by atoms with van der Waals surface area (Å²) in [6.45, 7) is 5.05. The molecular weight excluding hydrogens is 314 g/mol. The normalized spacial score (nSPS) is 12.4. The molecule has 2 aromatic rings. The molecule has 1 atom stereocenters. The zero-order valence-corrected chi connectivity index (χ0v) is 14.4. The van der Waals surface area contributed by atoms with Crippen molar-refractivity contribution in [3.63, 3.8) is 0 Å². The summed E-state index contributed by atoms with van der Waals surface area (Å²) < 4.78 is 1.70. The topological polar surface area (TPSA) is 58.4 Å². The van der Waals surface area contributed by atoms with Crippen LogP contribution in [0.5, 0.6) is 0 Å². The van der Waals surface area contributed by atoms with Gasteiger partial charge in [0.1, 0.15) is 0 Å². The molecule has 0 aliphatic carbocycles. The van der Waals surface area contributed by atoms with E-state index in [0.29, 0.717) is 29.6 Å². The highest BCUT2D eigenvalue weighted by Crippen LogP contribution is 2.21. The van der Waals surface area contributed by atoms with Crippen molar-refractivity contribution in [3.8, 4) is 0 Å². The molecule has 0 radical (unpaired) electrons. The standard InChI is InChI=1S/C17H22ClN3O2/c1-12(2)9-21(11-13-8-19-20(3)10-13)17(23)16(22)14-5-4-6-15(18)7-14/h4-8,10,12,16,22H,9,11H2,1-3H3. The highest BCUT2D eigenvalue weighted by molar-refractivity contribution is 6.30. The van der Waals surface area contributed by atoms with Gasteiger partial charge in [-0.05, 0) is 23.6 Å². The fourth-order valence-corrected chi connectivity index (χ4v) is 2.64. The molecule has 6 heteroatoms. The number of aromatic nitrogens is 2. The second kappa shape index (κ2) is 7.62. The number of hydrogen-bond donors (Lipinski definition) is 1. The molecular formula is C17H22ClN3O2. The van der Waals surface area contributed by atoms with Crippen LogP contribution in [0.25, 0.3) is 0 Å². The molecule has 0 aliphatic rings. The maximum Gasteiger partial charge on any atom is 0.256 e. The van der Waals surface area contributed by atoms with Crippen molar-refractivity contribution in [3.05, 3.63) is 52.8 Å². The van der Waals surface area contributed by atoms with Crippen LogP contribution in [0.1, 0.15) is 31.1 Å². The van der Waals surface area contributed by atoms with Gasteiger partial charge in [-0.1, -0.05) is 37.6 Å². The van der Waals surface area contributed by atoms with Crippen molar-refractivity contribution in [1.82, 2.24) is 14.7 Å². The van der Waals surface area contributed by atoms with Gasteiger partial charge in [0, 0.05) is 36.9 Å². The van der Waals surface area contributed by atoms with E-state index < -0.39 is 6.10 Å². The van der Waals surface area contributed by atoms with Gasteiger partial charge >= 0.3 is 0 Å². The van der Waals surface area contributed by atoms with Crippen LogP contribution in [0, 0.1) is 5.92 Å². The Morgan fingerprint density at radius 2 is 2.17 bits per heavy atom. The molecule has 1 amide bonds. The number of hydrogen-bond acceptors (Lipinski definition) is 3. The summed E-state index contributed by atoms with van der Waals surface area (Å²) >= 11 is 5.94. The fraction of sp³-hybridized carbons (Fsp3) is 0.412. The van der Waals surface area contributed by atoms with Crippen molar-refractivity contribution < 1.29 is 9.90 Å². The van der Waals surface area contributed by atoms with E-state index in [-0.39, 0.29) is 5.91 Å². The Morgan fingerprint density at radius 1 is 1.43 bits per heavy atom. The number of carbonyl (C=O) groups excluding carboxylic acids is 1. The predicted octanol–water partition coefficient (Wildman–Crippen LogP) is 2.79. The number of aliphatic hydroxyl groups is 1. The van der Waals surface area contributed by atoms with E-state index in [9.17, 15) is 9.90 Å². The summed E-state index contributed by atoms with van der Waals surface area (Å²) in [6.07, 6.45) is 2.38. The van der Waals surface area contributed by atoms with E-state index >= 15 is 0 Å². The molecule has 1 unspecified atom stereocenters. The maximum atomic E-state index is 12.7. The lowest BCUT2D eigenvalue weighted by molar-refractivity contribution is -0.141. The SMILES string of the molecule is CC(C)CN(Cc1cnn(C)c1)C(=O)C(O)c1cccc(Cl)c1. The summed E-state index contributed by atoms with van der Waals surface area (Å²) in [6, 6.07) is 6.75. The average Bonchev–Trinajstić information content (AvgIpc) is 2.90. The zero-order valence-electron chi connectivity index (χ0n) is 13.6. The number of halogens is 1. The Balaban J connectivity index is 2.18. The Kier molecular flexibility index (Phi) is 5.80. The maximum absolute atomic E-state index is 12.7. The van der Waals surface area contributed by atoms with Crippen molar-refractivity contribution in [2.24, 2.45) is 13.0 Å². The lowest BCUT2D eigenvalue weighted by atomic mass is 10.1. The van der Waals surface area contributed by atoms with Crippen LogP contribution < -0.4 is 0 Å². The Bertz CT molecular complexity index is 669. The van der Waals surface area contributed by atoms with Crippen molar-refractivity contribution in [2.75, 3.05) is 6.54 Å².